The van der Waals surface area contributed by atoms with Gasteiger partial charge >= 0.3 is 12.1 Å². The van der Waals surface area contributed by atoms with Crippen LogP contribution in [-0.4, -0.2) is 141 Å². The summed E-state index contributed by atoms with van der Waals surface area (Å²) in [5, 5.41) is 25.5. The summed E-state index contributed by atoms with van der Waals surface area (Å²) in [5.41, 5.74) is 1.13. The van der Waals surface area contributed by atoms with Crippen molar-refractivity contribution in [3.63, 3.8) is 0 Å². The zero-order valence-electron chi connectivity index (χ0n) is 47.3. The van der Waals surface area contributed by atoms with Crippen LogP contribution in [0.2, 0.25) is 0 Å². The third-order valence-electron chi connectivity index (χ3n) is 14.2. The summed E-state index contributed by atoms with van der Waals surface area (Å²) in [6, 6.07) is 24.2. The molecule has 2 N–H and O–H groups in total. The lowest BCUT2D eigenvalue weighted by molar-refractivity contribution is -0.384. The van der Waals surface area contributed by atoms with E-state index >= 15 is 0 Å². The lowest BCUT2D eigenvalue weighted by Gasteiger charge is -2.36. The number of nitrogens with zero attached hydrogens (tertiary/aromatic N) is 4. The molecule has 436 valence electrons. The number of likely N-dealkylation sites (N-methyl/N-ethyl adjacent to an activating group) is 1. The van der Waals surface area contributed by atoms with Gasteiger partial charge in [0.2, 0.25) is 15.8 Å². The molecule has 1 aliphatic rings. The second-order valence-electron chi connectivity index (χ2n) is 21.1. The van der Waals surface area contributed by atoms with Gasteiger partial charge in [0.25, 0.3) is 17.5 Å². The van der Waals surface area contributed by atoms with Crippen LogP contribution < -0.4 is 19.5 Å². The van der Waals surface area contributed by atoms with Crippen molar-refractivity contribution in [2.75, 3.05) is 60.7 Å². The lowest BCUT2D eigenvalue weighted by atomic mass is 9.84. The summed E-state index contributed by atoms with van der Waals surface area (Å²) in [5.74, 6) is -0.804. The quantitative estimate of drug-likeness (QED) is 0.0158. The number of aliphatic hydroxyl groups excluding tert-OH is 1. The van der Waals surface area contributed by atoms with Gasteiger partial charge in [0.15, 0.2) is 18.1 Å². The molecule has 4 atom stereocenters. The third-order valence-corrected chi connectivity index (χ3v) is 16.1. The van der Waals surface area contributed by atoms with E-state index < -0.39 is 68.4 Å². The van der Waals surface area contributed by atoms with Gasteiger partial charge in [-0.1, -0.05) is 83.1 Å². The van der Waals surface area contributed by atoms with Crippen molar-refractivity contribution in [3.8, 4) is 17.2 Å². The molecule has 0 spiro atoms. The Hall–Kier alpha value is -7.10. The van der Waals surface area contributed by atoms with Crippen molar-refractivity contribution in [3.05, 3.63) is 124 Å². The van der Waals surface area contributed by atoms with Crippen molar-refractivity contribution >= 4 is 45.4 Å². The molecule has 1 aliphatic heterocycles. The number of aryl methyl sites for hydroxylation is 1. The standard InChI is InChI=1S/C59H79N5O15S/c1-9-59(4,5)55(67)56(68)63-33-16-14-23-49(63)57(69)79-51(30-24-43-25-31-52(75-7)53(36-43)76-8)44-21-18-22-46(37-44)78-40-54(66)61(6)32-15-11-17-34-77-58(70)60-48(35-42-19-12-10-13-20-42)50(65)39-62(38-41(2)3)80(73,74)47-28-26-45(27-29-47)64(71)72/h10,12-13,18-22,25-29,31,36-37,41,48-51,65H,9,11,14-17,23-24,30,32-35,38-40H2,1-8H3,(H,60,70)/t48-,49-,50+,51+/m0/s1. The van der Waals surface area contributed by atoms with E-state index in [9.17, 15) is 47.6 Å². The number of carbonyl (C=O) groups is 5. The van der Waals surface area contributed by atoms with Gasteiger partial charge in [-0.15, -0.1) is 0 Å². The molecule has 1 fully saturated rings. The zero-order valence-corrected chi connectivity index (χ0v) is 48.1. The van der Waals surface area contributed by atoms with Crippen LogP contribution in [-0.2, 0) is 51.5 Å². The van der Waals surface area contributed by atoms with Crippen LogP contribution in [0.1, 0.15) is 109 Å². The number of aliphatic hydroxyl groups is 1. The van der Waals surface area contributed by atoms with Crippen LogP contribution in [0.25, 0.3) is 0 Å². The number of rotatable bonds is 31. The molecule has 4 aromatic carbocycles. The van der Waals surface area contributed by atoms with Crippen molar-refractivity contribution in [1.29, 1.82) is 0 Å². The molecule has 0 aliphatic carbocycles. The van der Waals surface area contributed by atoms with Crippen LogP contribution >= 0.6 is 0 Å². The Morgan fingerprint density at radius 3 is 2.25 bits per heavy atom. The van der Waals surface area contributed by atoms with Gasteiger partial charge in [0.05, 0.1) is 42.8 Å². The fourth-order valence-electron chi connectivity index (χ4n) is 9.07. The summed E-state index contributed by atoms with van der Waals surface area (Å²) in [7, 11) is 0.544. The van der Waals surface area contributed by atoms with Crippen molar-refractivity contribution in [2.24, 2.45) is 11.3 Å². The topological polar surface area (TPSA) is 251 Å². The lowest BCUT2D eigenvalue weighted by Crippen LogP contribution is -2.53. The molecule has 0 aromatic heterocycles. The highest BCUT2D eigenvalue weighted by Gasteiger charge is 2.41. The largest absolute Gasteiger partial charge is 0.493 e. The van der Waals surface area contributed by atoms with Crippen LogP contribution in [0.15, 0.2) is 102 Å². The van der Waals surface area contributed by atoms with E-state index in [2.05, 4.69) is 5.32 Å². The number of ketones is 1. The zero-order chi connectivity index (χ0) is 58.6. The molecule has 0 bridgehead atoms. The number of carbonyl (C=O) groups excluding carboxylic acids is 5. The number of hydrogen-bond donors (Lipinski definition) is 2. The predicted octanol–water partition coefficient (Wildman–Crippen LogP) is 8.27. The van der Waals surface area contributed by atoms with Gasteiger partial charge < -0.3 is 43.9 Å². The molecule has 20 nitrogen and oxygen atoms in total. The molecule has 80 heavy (non-hydrogen) atoms. The normalized spacial score (nSPS) is 14.8. The van der Waals surface area contributed by atoms with E-state index in [1.165, 1.54) is 9.80 Å². The number of benzene rings is 4. The summed E-state index contributed by atoms with van der Waals surface area (Å²) in [6.45, 7) is 8.97. The van der Waals surface area contributed by atoms with Crippen LogP contribution in [0, 0.1) is 21.4 Å². The van der Waals surface area contributed by atoms with Gasteiger partial charge in [-0.2, -0.15) is 4.31 Å². The average molecular weight is 1130 g/mol. The maximum Gasteiger partial charge on any atom is 0.407 e. The highest BCUT2D eigenvalue weighted by Crippen LogP contribution is 2.33. The Morgan fingerprint density at radius 2 is 1.59 bits per heavy atom. The fourth-order valence-corrected chi connectivity index (χ4v) is 10.7. The number of nitro benzene ring substituents is 1. The van der Waals surface area contributed by atoms with E-state index in [1.54, 1.807) is 77.6 Å². The van der Waals surface area contributed by atoms with Gasteiger partial charge in [0, 0.05) is 50.8 Å². The molecule has 21 heteroatoms. The number of amides is 3. The maximum absolute atomic E-state index is 14.1. The number of non-ortho nitro benzene ring substituents is 1. The first-order valence-electron chi connectivity index (χ1n) is 27.2. The van der Waals surface area contributed by atoms with E-state index in [0.717, 1.165) is 39.7 Å². The molecule has 1 saturated heterocycles. The number of unbranched alkanes of at least 4 members (excludes halogenated alkanes) is 2. The number of hydrogen-bond acceptors (Lipinski definition) is 15. The van der Waals surface area contributed by atoms with E-state index in [0.29, 0.717) is 87.1 Å². The van der Waals surface area contributed by atoms with Gasteiger partial charge in [-0.05, 0) is 123 Å². The Bertz CT molecular complexity index is 2810. The van der Waals surface area contributed by atoms with E-state index in [4.69, 9.17) is 23.7 Å². The summed E-state index contributed by atoms with van der Waals surface area (Å²) in [6.07, 6.45) is 1.76. The number of Topliss-reactive ketones (excluding diaryl/α,β-unsaturated/α-hetero) is 1. The predicted molar refractivity (Wildman–Crippen MR) is 300 cm³/mol. The minimum absolute atomic E-state index is 0.0298. The SMILES string of the molecule is CCC(C)(C)C(=O)C(=O)N1CCCC[C@H]1C(=O)O[C@H](CCc1ccc(OC)c(OC)c1)c1cccc(OCC(=O)N(C)CCCCCOC(=O)N[C@@H](Cc2ccccc2)[C@H](O)CN(CC(C)C)S(=O)(=O)c2ccc([N+](=O)[O-])cc2)c1. The Labute approximate surface area is 470 Å². The number of alkyl carbamates (subject to hydrolysis) is 1. The highest BCUT2D eigenvalue weighted by molar-refractivity contribution is 7.89. The monoisotopic (exact) mass is 1130 g/mol. The highest BCUT2D eigenvalue weighted by atomic mass is 32.2. The number of ether oxygens (including phenoxy) is 5. The second-order valence-corrected chi connectivity index (χ2v) is 23.0. The first kappa shape index (κ1) is 63.7. The van der Waals surface area contributed by atoms with Gasteiger partial charge in [0.1, 0.15) is 17.9 Å². The van der Waals surface area contributed by atoms with Crippen LogP contribution in [0.4, 0.5) is 10.5 Å². The maximum atomic E-state index is 14.1. The summed E-state index contributed by atoms with van der Waals surface area (Å²) in [4.78, 5) is 80.8. The molecule has 5 rings (SSSR count). The minimum Gasteiger partial charge on any atom is -0.493 e. The van der Waals surface area contributed by atoms with E-state index in [-0.39, 0.29) is 61.7 Å². The smallest absolute Gasteiger partial charge is 0.407 e. The van der Waals surface area contributed by atoms with Crippen LogP contribution in [0.5, 0.6) is 17.2 Å². The number of likely N-dealkylation sites (tertiary alicyclic amines) is 1. The van der Waals surface area contributed by atoms with Crippen molar-refractivity contribution in [2.45, 2.75) is 128 Å². The molecule has 3 amide bonds. The molecule has 1 heterocycles. The first-order chi connectivity index (χ1) is 38.1. The minimum atomic E-state index is -4.21. The molecule has 4 aromatic rings. The number of piperidine rings is 1. The van der Waals surface area contributed by atoms with Gasteiger partial charge in [-0.25, -0.2) is 18.0 Å². The summed E-state index contributed by atoms with van der Waals surface area (Å²) < 4.78 is 57.4. The number of sulfonamides is 1. The number of esters is 1. The average Bonchev–Trinajstić information content (AvgIpc) is 3.45. The van der Waals surface area contributed by atoms with Crippen molar-refractivity contribution in [1.82, 2.24) is 19.4 Å². The molecule has 0 radical (unpaired) electrons. The Balaban J connectivity index is 1.15. The fraction of sp³-hybridized carbons (Fsp3) is 0.508. The molecule has 0 unspecified atom stereocenters. The first-order valence-corrected chi connectivity index (χ1v) is 28.7. The summed E-state index contributed by atoms with van der Waals surface area (Å²) >= 11 is 0. The second kappa shape index (κ2) is 30.5. The molecule has 0 saturated carbocycles. The number of nitro groups is 1. The van der Waals surface area contributed by atoms with Crippen molar-refractivity contribution < 1.29 is 66.1 Å². The molecular weight excluding hydrogens is 1050 g/mol. The van der Waals surface area contributed by atoms with E-state index in [1.807, 2.05) is 51.1 Å². The Kier molecular flexibility index (Phi) is 24.3. The molecular formula is C59H79N5O15S. The number of methoxy groups -OCH3 is 2. The third kappa shape index (κ3) is 18.5. The van der Waals surface area contributed by atoms with Gasteiger partial charge in [-0.3, -0.25) is 24.5 Å². The Morgan fingerprint density at radius 1 is 0.875 bits per heavy atom. The van der Waals surface area contributed by atoms with Crippen LogP contribution in [0.3, 0.4) is 0 Å². The number of nitrogens with one attached hydrogen (secondary N) is 1.